The number of aromatic amines is 1. The molecule has 3 N–H and O–H groups in total. The number of anilines is 1. The maximum atomic E-state index is 11.9. The van der Waals surface area contributed by atoms with Gasteiger partial charge in [-0.3, -0.25) is 9.89 Å². The number of aromatic nitrogens is 3. The summed E-state index contributed by atoms with van der Waals surface area (Å²) in [7, 11) is 1.88. The molecule has 0 radical (unpaired) electrons. The molecule has 0 saturated heterocycles. The molecular formula is C16H22ClN5O. The Hall–Kier alpha value is -1.92. The number of nitrogens with zero attached hydrogens (tertiary/aromatic N) is 2. The van der Waals surface area contributed by atoms with Crippen LogP contribution in [0.25, 0.3) is 11.4 Å². The van der Waals surface area contributed by atoms with Gasteiger partial charge in [-0.05, 0) is 45.0 Å². The number of carbonyl (C=O) groups excluding carboxylic acids is 1. The van der Waals surface area contributed by atoms with Crippen molar-refractivity contribution < 1.29 is 4.79 Å². The zero-order chi connectivity index (χ0) is 15.4. The molecule has 1 aliphatic rings. The van der Waals surface area contributed by atoms with E-state index in [2.05, 4.69) is 25.8 Å². The molecule has 6 nitrogen and oxygen atoms in total. The average molecular weight is 336 g/mol. The topological polar surface area (TPSA) is 82.7 Å². The van der Waals surface area contributed by atoms with Crippen LogP contribution in [0.4, 0.5) is 5.69 Å². The number of benzene rings is 1. The number of H-pyrrole nitrogens is 1. The van der Waals surface area contributed by atoms with Crippen molar-refractivity contribution in [1.29, 1.82) is 0 Å². The molecule has 0 bridgehead atoms. The van der Waals surface area contributed by atoms with Crippen LogP contribution in [0.15, 0.2) is 24.3 Å². The number of halogens is 1. The summed E-state index contributed by atoms with van der Waals surface area (Å²) < 4.78 is 0. The first-order valence-electron chi connectivity index (χ1n) is 7.73. The third-order valence-electron chi connectivity index (χ3n) is 3.70. The van der Waals surface area contributed by atoms with Gasteiger partial charge in [0.05, 0.1) is 0 Å². The van der Waals surface area contributed by atoms with Crippen LogP contribution >= 0.6 is 12.4 Å². The molecule has 1 aromatic carbocycles. The van der Waals surface area contributed by atoms with E-state index in [9.17, 15) is 4.79 Å². The number of amides is 1. The lowest BCUT2D eigenvalue weighted by atomic mass is 10.2. The van der Waals surface area contributed by atoms with Gasteiger partial charge in [-0.15, -0.1) is 12.4 Å². The van der Waals surface area contributed by atoms with E-state index in [-0.39, 0.29) is 18.3 Å². The fourth-order valence-corrected chi connectivity index (χ4v) is 2.33. The largest absolute Gasteiger partial charge is 0.326 e. The lowest BCUT2D eigenvalue weighted by Gasteiger charge is -2.06. The van der Waals surface area contributed by atoms with E-state index in [0.29, 0.717) is 18.2 Å². The van der Waals surface area contributed by atoms with Crippen LogP contribution in [-0.2, 0) is 4.79 Å². The molecule has 0 spiro atoms. The molecule has 0 atom stereocenters. The van der Waals surface area contributed by atoms with Crippen LogP contribution < -0.4 is 10.6 Å². The summed E-state index contributed by atoms with van der Waals surface area (Å²) in [6, 6.07) is 7.66. The highest BCUT2D eigenvalue weighted by molar-refractivity contribution is 5.91. The first kappa shape index (κ1) is 17.4. The van der Waals surface area contributed by atoms with Crippen molar-refractivity contribution in [2.24, 2.45) is 0 Å². The van der Waals surface area contributed by atoms with E-state index in [1.165, 1.54) is 12.8 Å². The highest BCUT2D eigenvalue weighted by atomic mass is 35.5. The predicted octanol–water partition coefficient (Wildman–Crippen LogP) is 2.71. The Bertz CT molecular complexity index is 653. The van der Waals surface area contributed by atoms with Crippen molar-refractivity contribution in [1.82, 2.24) is 20.5 Å². The fourth-order valence-electron chi connectivity index (χ4n) is 2.33. The van der Waals surface area contributed by atoms with E-state index in [0.717, 1.165) is 30.0 Å². The van der Waals surface area contributed by atoms with E-state index in [1.807, 2.05) is 31.3 Å². The van der Waals surface area contributed by atoms with E-state index < -0.39 is 0 Å². The second-order valence-corrected chi connectivity index (χ2v) is 5.65. The van der Waals surface area contributed by atoms with Gasteiger partial charge in [-0.1, -0.05) is 12.1 Å². The molecule has 1 heterocycles. The maximum absolute atomic E-state index is 11.9. The maximum Gasteiger partial charge on any atom is 0.224 e. The molecular weight excluding hydrogens is 314 g/mol. The summed E-state index contributed by atoms with van der Waals surface area (Å²) in [4.78, 5) is 16.4. The summed E-state index contributed by atoms with van der Waals surface area (Å²) >= 11 is 0. The minimum atomic E-state index is 0. The molecule has 23 heavy (non-hydrogen) atoms. The van der Waals surface area contributed by atoms with Crippen LogP contribution in [0.5, 0.6) is 0 Å². The Morgan fingerprint density at radius 2 is 2.22 bits per heavy atom. The minimum absolute atomic E-state index is 0. The van der Waals surface area contributed by atoms with Gasteiger partial charge in [0, 0.05) is 23.6 Å². The molecule has 0 aliphatic heterocycles. The smallest absolute Gasteiger partial charge is 0.224 e. The van der Waals surface area contributed by atoms with Crippen molar-refractivity contribution in [2.45, 2.75) is 31.6 Å². The second-order valence-electron chi connectivity index (χ2n) is 5.65. The van der Waals surface area contributed by atoms with Crippen molar-refractivity contribution >= 4 is 24.0 Å². The molecule has 124 valence electrons. The van der Waals surface area contributed by atoms with Gasteiger partial charge >= 0.3 is 0 Å². The second kappa shape index (κ2) is 8.08. The highest BCUT2D eigenvalue weighted by Gasteiger charge is 2.27. The first-order valence-corrected chi connectivity index (χ1v) is 7.73. The van der Waals surface area contributed by atoms with Gasteiger partial charge in [0.2, 0.25) is 5.91 Å². The lowest BCUT2D eigenvalue weighted by Crippen LogP contribution is -2.15. The van der Waals surface area contributed by atoms with Crippen molar-refractivity contribution in [2.75, 3.05) is 18.9 Å². The molecule has 3 rings (SSSR count). The average Bonchev–Trinajstić information content (AvgIpc) is 3.25. The minimum Gasteiger partial charge on any atom is -0.326 e. The molecule has 1 aromatic heterocycles. The van der Waals surface area contributed by atoms with E-state index in [4.69, 9.17) is 0 Å². The summed E-state index contributed by atoms with van der Waals surface area (Å²) in [5.41, 5.74) is 1.70. The summed E-state index contributed by atoms with van der Waals surface area (Å²) in [5, 5.41) is 13.2. The zero-order valence-corrected chi connectivity index (χ0v) is 13.9. The number of hydrogen-bond acceptors (Lipinski definition) is 4. The number of carbonyl (C=O) groups is 1. The van der Waals surface area contributed by atoms with E-state index >= 15 is 0 Å². The summed E-state index contributed by atoms with van der Waals surface area (Å²) in [6.45, 7) is 0.842. The number of nitrogens with one attached hydrogen (secondary N) is 3. The van der Waals surface area contributed by atoms with Gasteiger partial charge in [-0.25, -0.2) is 4.98 Å². The van der Waals surface area contributed by atoms with Crippen molar-refractivity contribution in [3.8, 4) is 11.4 Å². The Balaban J connectivity index is 0.00000192. The van der Waals surface area contributed by atoms with Gasteiger partial charge in [-0.2, -0.15) is 5.10 Å². The highest BCUT2D eigenvalue weighted by Crippen LogP contribution is 2.38. The third-order valence-corrected chi connectivity index (χ3v) is 3.70. The monoisotopic (exact) mass is 335 g/mol. The van der Waals surface area contributed by atoms with Crippen molar-refractivity contribution in [3.05, 3.63) is 30.1 Å². The Labute approximate surface area is 141 Å². The first-order chi connectivity index (χ1) is 10.8. The molecule has 1 amide bonds. The Morgan fingerprint density at radius 1 is 1.39 bits per heavy atom. The van der Waals surface area contributed by atoms with Gasteiger partial charge in [0.25, 0.3) is 0 Å². The summed E-state index contributed by atoms with van der Waals surface area (Å²) in [5.74, 6) is 2.24. The van der Waals surface area contributed by atoms with Gasteiger partial charge in [0.1, 0.15) is 5.82 Å². The summed E-state index contributed by atoms with van der Waals surface area (Å²) in [6.07, 6.45) is 3.72. The SMILES string of the molecule is CNCCCC(=O)Nc1cccc(-c2n[nH]c(C3CC3)n2)c1.Cl. The van der Waals surface area contributed by atoms with Crippen LogP contribution in [0.1, 0.15) is 37.4 Å². The number of rotatable bonds is 7. The van der Waals surface area contributed by atoms with Crippen LogP contribution in [0.2, 0.25) is 0 Å². The van der Waals surface area contributed by atoms with Gasteiger partial charge in [0.15, 0.2) is 5.82 Å². The molecule has 1 aliphatic carbocycles. The molecule has 7 heteroatoms. The van der Waals surface area contributed by atoms with Crippen LogP contribution in [0, 0.1) is 0 Å². The molecule has 0 unspecified atom stereocenters. The van der Waals surface area contributed by atoms with Crippen molar-refractivity contribution in [3.63, 3.8) is 0 Å². The number of hydrogen-bond donors (Lipinski definition) is 3. The normalized spacial score (nSPS) is 13.4. The third kappa shape index (κ3) is 4.77. The van der Waals surface area contributed by atoms with E-state index in [1.54, 1.807) is 0 Å². The standard InChI is InChI=1S/C16H21N5O.ClH/c1-17-9-3-6-14(22)18-13-5-2-4-12(10-13)16-19-15(20-21-16)11-7-8-11;/h2,4-5,10-11,17H,3,6-9H2,1H3,(H,18,22)(H,19,20,21);1H. The van der Waals surface area contributed by atoms with Crippen LogP contribution in [-0.4, -0.2) is 34.7 Å². The fraction of sp³-hybridized carbons (Fsp3) is 0.438. The zero-order valence-electron chi connectivity index (χ0n) is 13.1. The lowest BCUT2D eigenvalue weighted by molar-refractivity contribution is -0.116. The molecule has 1 fully saturated rings. The Morgan fingerprint density at radius 3 is 2.96 bits per heavy atom. The van der Waals surface area contributed by atoms with Gasteiger partial charge < -0.3 is 10.6 Å². The Kier molecular flexibility index (Phi) is 6.12. The molecule has 2 aromatic rings. The predicted molar refractivity (Wildman–Crippen MR) is 92.8 cm³/mol. The van der Waals surface area contributed by atoms with Crippen LogP contribution in [0.3, 0.4) is 0 Å². The quantitative estimate of drug-likeness (QED) is 0.679. The molecule has 1 saturated carbocycles.